The molecular formula is C15H26N2O. The molecule has 4 aliphatic rings. The molecule has 4 saturated carbocycles. The fourth-order valence-corrected chi connectivity index (χ4v) is 5.55. The predicted octanol–water partition coefficient (Wildman–Crippen LogP) is 1.91. The van der Waals surface area contributed by atoms with Crippen molar-refractivity contribution < 1.29 is 4.79 Å². The zero-order chi connectivity index (χ0) is 12.8. The molecule has 4 fully saturated rings. The summed E-state index contributed by atoms with van der Waals surface area (Å²) in [7, 11) is 1.73. The van der Waals surface area contributed by atoms with Gasteiger partial charge in [-0.1, -0.05) is 0 Å². The van der Waals surface area contributed by atoms with Gasteiger partial charge in [0.25, 0.3) is 0 Å². The van der Waals surface area contributed by atoms with Gasteiger partial charge in [0, 0.05) is 13.5 Å². The molecule has 0 heterocycles. The van der Waals surface area contributed by atoms with E-state index in [0.29, 0.717) is 24.3 Å². The SMILES string of the molecule is CNC(=O)CC(CN)C12CC3CC(CC(C3)C1)C2. The zero-order valence-electron chi connectivity index (χ0n) is 11.5. The van der Waals surface area contributed by atoms with Crippen molar-refractivity contribution in [1.29, 1.82) is 0 Å². The Morgan fingerprint density at radius 2 is 1.72 bits per heavy atom. The number of amides is 1. The molecule has 1 amide bonds. The van der Waals surface area contributed by atoms with Crippen molar-refractivity contribution in [1.82, 2.24) is 5.32 Å². The molecule has 3 nitrogen and oxygen atoms in total. The Morgan fingerprint density at radius 3 is 2.11 bits per heavy atom. The van der Waals surface area contributed by atoms with E-state index in [2.05, 4.69) is 5.32 Å². The molecule has 4 bridgehead atoms. The number of carbonyl (C=O) groups is 1. The molecule has 0 aliphatic heterocycles. The fourth-order valence-electron chi connectivity index (χ4n) is 5.55. The summed E-state index contributed by atoms with van der Waals surface area (Å²) in [5, 5.41) is 2.77. The van der Waals surface area contributed by atoms with Crippen molar-refractivity contribution in [2.24, 2.45) is 34.8 Å². The standard InChI is InChI=1S/C15H26N2O/c1-17-14(18)5-13(9-16)15-6-10-2-11(7-15)4-12(3-10)8-15/h10-13H,2-9,16H2,1H3,(H,17,18). The minimum absolute atomic E-state index is 0.168. The first-order chi connectivity index (χ1) is 8.65. The second-order valence-corrected chi connectivity index (χ2v) is 7.09. The number of hydrogen-bond donors (Lipinski definition) is 2. The van der Waals surface area contributed by atoms with Crippen LogP contribution in [0.2, 0.25) is 0 Å². The molecule has 4 aliphatic carbocycles. The Morgan fingerprint density at radius 1 is 1.22 bits per heavy atom. The van der Waals surface area contributed by atoms with Crippen LogP contribution in [-0.4, -0.2) is 19.5 Å². The Labute approximate surface area is 110 Å². The Kier molecular flexibility index (Phi) is 3.13. The Hall–Kier alpha value is -0.570. The molecule has 1 atom stereocenters. The molecular weight excluding hydrogens is 224 g/mol. The van der Waals surface area contributed by atoms with E-state index in [4.69, 9.17) is 5.73 Å². The zero-order valence-corrected chi connectivity index (χ0v) is 11.5. The lowest BCUT2D eigenvalue weighted by Crippen LogP contribution is -2.52. The van der Waals surface area contributed by atoms with Gasteiger partial charge in [-0.05, 0) is 74.2 Å². The molecule has 0 aromatic heterocycles. The first kappa shape index (κ1) is 12.5. The highest BCUT2D eigenvalue weighted by atomic mass is 16.1. The summed E-state index contributed by atoms with van der Waals surface area (Å²) in [4.78, 5) is 11.7. The summed E-state index contributed by atoms with van der Waals surface area (Å²) in [6, 6.07) is 0. The first-order valence-corrected chi connectivity index (χ1v) is 7.56. The van der Waals surface area contributed by atoms with Crippen LogP contribution in [0, 0.1) is 29.1 Å². The van der Waals surface area contributed by atoms with Crippen LogP contribution in [-0.2, 0) is 4.79 Å². The van der Waals surface area contributed by atoms with Crippen molar-refractivity contribution in [3.63, 3.8) is 0 Å². The second kappa shape index (κ2) is 4.52. The minimum atomic E-state index is 0.168. The van der Waals surface area contributed by atoms with Gasteiger partial charge in [-0.3, -0.25) is 4.79 Å². The van der Waals surface area contributed by atoms with E-state index in [9.17, 15) is 4.79 Å². The van der Waals surface area contributed by atoms with Gasteiger partial charge in [0.05, 0.1) is 0 Å². The third-order valence-corrected chi connectivity index (χ3v) is 5.95. The average Bonchev–Trinajstić information content (AvgIpc) is 2.33. The third kappa shape index (κ3) is 1.97. The highest BCUT2D eigenvalue weighted by Gasteiger charge is 2.53. The summed E-state index contributed by atoms with van der Waals surface area (Å²) in [6.07, 6.45) is 9.04. The van der Waals surface area contributed by atoms with Gasteiger partial charge in [0.2, 0.25) is 5.91 Å². The van der Waals surface area contributed by atoms with Crippen molar-refractivity contribution in [3.05, 3.63) is 0 Å². The van der Waals surface area contributed by atoms with Gasteiger partial charge in [-0.2, -0.15) is 0 Å². The minimum Gasteiger partial charge on any atom is -0.359 e. The number of carbonyl (C=O) groups excluding carboxylic acids is 1. The van der Waals surface area contributed by atoms with Crippen LogP contribution in [0.5, 0.6) is 0 Å². The number of hydrogen-bond acceptors (Lipinski definition) is 2. The maximum atomic E-state index is 11.7. The van der Waals surface area contributed by atoms with Gasteiger partial charge in [-0.15, -0.1) is 0 Å². The summed E-state index contributed by atoms with van der Waals surface area (Å²) in [6.45, 7) is 0.680. The molecule has 18 heavy (non-hydrogen) atoms. The molecule has 1 unspecified atom stereocenters. The van der Waals surface area contributed by atoms with Crippen molar-refractivity contribution in [2.75, 3.05) is 13.6 Å². The van der Waals surface area contributed by atoms with Crippen LogP contribution in [0.1, 0.15) is 44.9 Å². The summed E-state index contributed by atoms with van der Waals surface area (Å²) < 4.78 is 0. The van der Waals surface area contributed by atoms with Crippen LogP contribution in [0.25, 0.3) is 0 Å². The number of nitrogens with one attached hydrogen (secondary N) is 1. The lowest BCUT2D eigenvalue weighted by atomic mass is 9.46. The van der Waals surface area contributed by atoms with Crippen LogP contribution >= 0.6 is 0 Å². The van der Waals surface area contributed by atoms with E-state index in [1.807, 2.05) is 0 Å². The van der Waals surface area contributed by atoms with E-state index >= 15 is 0 Å². The maximum Gasteiger partial charge on any atom is 0.220 e. The van der Waals surface area contributed by atoms with Gasteiger partial charge in [0.15, 0.2) is 0 Å². The van der Waals surface area contributed by atoms with Gasteiger partial charge in [-0.25, -0.2) is 0 Å². The normalized spacial score (nSPS) is 42.9. The van der Waals surface area contributed by atoms with E-state index in [1.54, 1.807) is 7.05 Å². The molecule has 0 aromatic carbocycles. The van der Waals surface area contributed by atoms with Gasteiger partial charge >= 0.3 is 0 Å². The first-order valence-electron chi connectivity index (χ1n) is 7.56. The molecule has 3 heteroatoms. The predicted molar refractivity (Wildman–Crippen MR) is 71.8 cm³/mol. The van der Waals surface area contributed by atoms with E-state index < -0.39 is 0 Å². The summed E-state index contributed by atoms with van der Waals surface area (Å²) in [5.41, 5.74) is 6.43. The Bertz CT molecular complexity index is 304. The summed E-state index contributed by atoms with van der Waals surface area (Å²) >= 11 is 0. The molecule has 0 spiro atoms. The van der Waals surface area contributed by atoms with Gasteiger partial charge in [0.1, 0.15) is 0 Å². The summed E-state index contributed by atoms with van der Waals surface area (Å²) in [5.74, 6) is 3.40. The molecule has 4 rings (SSSR count). The highest BCUT2D eigenvalue weighted by molar-refractivity contribution is 5.75. The van der Waals surface area contributed by atoms with Crippen LogP contribution in [0.4, 0.5) is 0 Å². The monoisotopic (exact) mass is 250 g/mol. The van der Waals surface area contributed by atoms with Crippen LogP contribution in [0.3, 0.4) is 0 Å². The second-order valence-electron chi connectivity index (χ2n) is 7.09. The lowest BCUT2D eigenvalue weighted by molar-refractivity contribution is -0.127. The smallest absolute Gasteiger partial charge is 0.220 e. The Balaban J connectivity index is 1.78. The van der Waals surface area contributed by atoms with Crippen LogP contribution in [0.15, 0.2) is 0 Å². The van der Waals surface area contributed by atoms with Crippen LogP contribution < -0.4 is 11.1 Å². The molecule has 0 saturated heterocycles. The molecule has 3 N–H and O–H groups in total. The van der Waals surface area contributed by atoms with Gasteiger partial charge < -0.3 is 11.1 Å². The third-order valence-electron chi connectivity index (χ3n) is 5.95. The largest absolute Gasteiger partial charge is 0.359 e. The molecule has 0 aromatic rings. The average molecular weight is 250 g/mol. The van der Waals surface area contributed by atoms with Crippen molar-refractivity contribution in [3.8, 4) is 0 Å². The van der Waals surface area contributed by atoms with Crippen molar-refractivity contribution in [2.45, 2.75) is 44.9 Å². The highest BCUT2D eigenvalue weighted by Crippen LogP contribution is 2.63. The van der Waals surface area contributed by atoms with Crippen molar-refractivity contribution >= 4 is 5.91 Å². The molecule has 102 valence electrons. The van der Waals surface area contributed by atoms with E-state index in [0.717, 1.165) is 17.8 Å². The van der Waals surface area contributed by atoms with E-state index in [-0.39, 0.29) is 5.91 Å². The maximum absolute atomic E-state index is 11.7. The number of nitrogens with two attached hydrogens (primary N) is 1. The fraction of sp³-hybridized carbons (Fsp3) is 0.933. The van der Waals surface area contributed by atoms with E-state index in [1.165, 1.54) is 38.5 Å². The quantitative estimate of drug-likeness (QED) is 0.801. The topological polar surface area (TPSA) is 55.1 Å². The molecule has 0 radical (unpaired) electrons. The lowest BCUT2D eigenvalue weighted by Gasteiger charge is -2.59. The number of rotatable bonds is 4.